The van der Waals surface area contributed by atoms with E-state index in [1.807, 2.05) is 0 Å². The molecule has 0 spiro atoms. The number of hydrogen-bond donors (Lipinski definition) is 1. The lowest BCUT2D eigenvalue weighted by Crippen LogP contribution is -2.34. The van der Waals surface area contributed by atoms with Gasteiger partial charge in [0.05, 0.1) is 4.92 Å². The minimum atomic E-state index is -0.447. The molecule has 0 aliphatic carbocycles. The lowest BCUT2D eigenvalue weighted by atomic mass is 10.2. The fraction of sp³-hybridized carbons (Fsp3) is 0.583. The number of nitrogens with zero attached hydrogens (tertiary/aromatic N) is 3. The van der Waals surface area contributed by atoms with Crippen molar-refractivity contribution in [3.63, 3.8) is 0 Å². The number of likely N-dealkylation sites (N-methyl/N-ethyl adjacent to an activating group) is 1. The van der Waals surface area contributed by atoms with Crippen LogP contribution in [0.1, 0.15) is 19.8 Å². The Labute approximate surface area is 116 Å². The van der Waals surface area contributed by atoms with Crippen LogP contribution in [0, 0.1) is 10.1 Å². The zero-order valence-electron chi connectivity index (χ0n) is 10.8. The average Bonchev–Trinajstić information content (AvgIpc) is 2.83. The Balaban J connectivity index is 2.06. The van der Waals surface area contributed by atoms with Crippen LogP contribution in [-0.4, -0.2) is 40.5 Å². The highest BCUT2D eigenvalue weighted by Crippen LogP contribution is 2.25. The van der Waals surface area contributed by atoms with Gasteiger partial charge in [-0.05, 0) is 32.0 Å². The maximum Gasteiger partial charge on any atom is 0.311 e. The standard InChI is InChI=1S/C12H17ClN4O2/c1-2-16-7-3-4-9(16)8-14-12-10(17(18)19)5-6-11(13)15-12/h5-6,9H,2-4,7-8H2,1H3,(H,14,15). The molecule has 1 aliphatic heterocycles. The van der Waals surface area contributed by atoms with Gasteiger partial charge in [-0.2, -0.15) is 0 Å². The van der Waals surface area contributed by atoms with E-state index in [9.17, 15) is 10.1 Å². The first-order valence-corrected chi connectivity index (χ1v) is 6.78. The van der Waals surface area contributed by atoms with Crippen LogP contribution >= 0.6 is 11.6 Å². The van der Waals surface area contributed by atoms with Crippen LogP contribution in [0.4, 0.5) is 11.5 Å². The minimum absolute atomic E-state index is 0.0366. The lowest BCUT2D eigenvalue weighted by molar-refractivity contribution is -0.384. The van der Waals surface area contributed by atoms with Crippen molar-refractivity contribution in [2.75, 3.05) is 25.0 Å². The monoisotopic (exact) mass is 284 g/mol. The molecule has 0 bridgehead atoms. The number of aromatic nitrogens is 1. The first-order valence-electron chi connectivity index (χ1n) is 6.40. The van der Waals surface area contributed by atoms with Gasteiger partial charge < -0.3 is 5.32 Å². The van der Waals surface area contributed by atoms with E-state index in [4.69, 9.17) is 11.6 Å². The van der Waals surface area contributed by atoms with Crippen LogP contribution in [0.25, 0.3) is 0 Å². The second-order valence-corrected chi connectivity index (χ2v) is 4.95. The second-order valence-electron chi connectivity index (χ2n) is 4.56. The van der Waals surface area contributed by atoms with Gasteiger partial charge in [-0.15, -0.1) is 0 Å². The van der Waals surface area contributed by atoms with E-state index in [0.717, 1.165) is 19.5 Å². The molecule has 1 aromatic heterocycles. The summed E-state index contributed by atoms with van der Waals surface area (Å²) < 4.78 is 0. The Morgan fingerprint density at radius 1 is 1.63 bits per heavy atom. The van der Waals surface area contributed by atoms with Crippen LogP contribution < -0.4 is 5.32 Å². The summed E-state index contributed by atoms with van der Waals surface area (Å²) in [6, 6.07) is 3.22. The van der Waals surface area contributed by atoms with E-state index in [0.29, 0.717) is 12.6 Å². The molecule has 1 aliphatic rings. The summed E-state index contributed by atoms with van der Waals surface area (Å²) in [4.78, 5) is 16.8. The Hall–Kier alpha value is -1.40. The fourth-order valence-corrected chi connectivity index (χ4v) is 2.61. The van der Waals surface area contributed by atoms with Crippen molar-refractivity contribution < 1.29 is 4.92 Å². The van der Waals surface area contributed by atoms with E-state index in [2.05, 4.69) is 22.1 Å². The first-order chi connectivity index (χ1) is 9.11. The molecule has 1 saturated heterocycles. The van der Waals surface area contributed by atoms with E-state index in [-0.39, 0.29) is 16.7 Å². The molecule has 0 radical (unpaired) electrons. The van der Waals surface area contributed by atoms with Gasteiger partial charge in [-0.1, -0.05) is 18.5 Å². The molecule has 0 saturated carbocycles. The lowest BCUT2D eigenvalue weighted by Gasteiger charge is -2.23. The summed E-state index contributed by atoms with van der Waals surface area (Å²) in [6.07, 6.45) is 2.28. The molecule has 7 heteroatoms. The van der Waals surface area contributed by atoms with Gasteiger partial charge in [0, 0.05) is 18.7 Å². The van der Waals surface area contributed by atoms with E-state index in [1.165, 1.54) is 18.6 Å². The van der Waals surface area contributed by atoms with E-state index >= 15 is 0 Å². The highest BCUT2D eigenvalue weighted by molar-refractivity contribution is 6.29. The largest absolute Gasteiger partial charge is 0.363 e. The molecule has 2 heterocycles. The third-order valence-electron chi connectivity index (χ3n) is 3.45. The number of nitro groups is 1. The van der Waals surface area contributed by atoms with Gasteiger partial charge in [0.15, 0.2) is 0 Å². The number of likely N-dealkylation sites (tertiary alicyclic amines) is 1. The number of halogens is 1. The highest BCUT2D eigenvalue weighted by atomic mass is 35.5. The Morgan fingerprint density at radius 3 is 3.11 bits per heavy atom. The van der Waals surface area contributed by atoms with Crippen molar-refractivity contribution in [1.82, 2.24) is 9.88 Å². The smallest absolute Gasteiger partial charge is 0.311 e. The number of nitrogens with one attached hydrogen (secondary N) is 1. The number of rotatable bonds is 5. The van der Waals surface area contributed by atoms with Crippen molar-refractivity contribution in [3.05, 3.63) is 27.4 Å². The first kappa shape index (κ1) is 14.0. The van der Waals surface area contributed by atoms with Crippen molar-refractivity contribution in [3.8, 4) is 0 Å². The van der Waals surface area contributed by atoms with Gasteiger partial charge in [-0.25, -0.2) is 4.98 Å². The maximum absolute atomic E-state index is 10.9. The van der Waals surface area contributed by atoms with E-state index < -0.39 is 4.92 Å². The molecule has 2 rings (SSSR count). The number of pyridine rings is 1. The van der Waals surface area contributed by atoms with Gasteiger partial charge in [0.1, 0.15) is 5.15 Å². The van der Waals surface area contributed by atoms with Crippen molar-refractivity contribution in [1.29, 1.82) is 0 Å². The maximum atomic E-state index is 10.9. The summed E-state index contributed by atoms with van der Waals surface area (Å²) in [5.74, 6) is 0.250. The Bertz CT molecular complexity index is 469. The third-order valence-corrected chi connectivity index (χ3v) is 3.66. The van der Waals surface area contributed by atoms with Crippen molar-refractivity contribution in [2.24, 2.45) is 0 Å². The van der Waals surface area contributed by atoms with Gasteiger partial charge in [-0.3, -0.25) is 15.0 Å². The van der Waals surface area contributed by atoms with E-state index in [1.54, 1.807) is 0 Å². The molecule has 6 nitrogen and oxygen atoms in total. The molecule has 1 N–H and O–H groups in total. The molecule has 1 unspecified atom stereocenters. The minimum Gasteiger partial charge on any atom is -0.363 e. The fourth-order valence-electron chi connectivity index (χ4n) is 2.46. The van der Waals surface area contributed by atoms with Crippen LogP contribution in [0.3, 0.4) is 0 Å². The van der Waals surface area contributed by atoms with Crippen LogP contribution in [0.5, 0.6) is 0 Å². The van der Waals surface area contributed by atoms with Crippen molar-refractivity contribution >= 4 is 23.1 Å². The van der Waals surface area contributed by atoms with Gasteiger partial charge in [0.2, 0.25) is 5.82 Å². The quantitative estimate of drug-likeness (QED) is 0.511. The molecule has 104 valence electrons. The van der Waals surface area contributed by atoms with Gasteiger partial charge in [0.25, 0.3) is 0 Å². The molecule has 0 aromatic carbocycles. The van der Waals surface area contributed by atoms with Crippen LogP contribution in [0.15, 0.2) is 12.1 Å². The Kier molecular flexibility index (Phi) is 4.55. The molecule has 0 amide bonds. The highest BCUT2D eigenvalue weighted by Gasteiger charge is 2.24. The van der Waals surface area contributed by atoms with Gasteiger partial charge >= 0.3 is 5.69 Å². The SMILES string of the molecule is CCN1CCCC1CNc1nc(Cl)ccc1[N+](=O)[O-]. The summed E-state index contributed by atoms with van der Waals surface area (Å²) >= 11 is 5.79. The van der Waals surface area contributed by atoms with Crippen molar-refractivity contribution in [2.45, 2.75) is 25.8 Å². The summed E-state index contributed by atoms with van der Waals surface area (Å²) in [6.45, 7) is 4.87. The normalized spacial score (nSPS) is 19.6. The molecule has 1 atom stereocenters. The molecular formula is C12H17ClN4O2. The van der Waals surface area contributed by atoms with Crippen LogP contribution in [-0.2, 0) is 0 Å². The predicted octanol–water partition coefficient (Wildman–Crippen LogP) is 2.54. The molecule has 1 aromatic rings. The molecule has 1 fully saturated rings. The topological polar surface area (TPSA) is 71.3 Å². The summed E-state index contributed by atoms with van der Waals surface area (Å²) in [5, 5.41) is 14.2. The molecule has 19 heavy (non-hydrogen) atoms. The number of anilines is 1. The zero-order chi connectivity index (χ0) is 13.8. The predicted molar refractivity (Wildman–Crippen MR) is 74.7 cm³/mol. The number of hydrogen-bond acceptors (Lipinski definition) is 5. The van der Waals surface area contributed by atoms with Crippen LogP contribution in [0.2, 0.25) is 5.15 Å². The second kappa shape index (κ2) is 6.16. The third kappa shape index (κ3) is 3.33. The zero-order valence-corrected chi connectivity index (χ0v) is 11.6. The molecular weight excluding hydrogens is 268 g/mol. The Morgan fingerprint density at radius 2 is 2.42 bits per heavy atom. The summed E-state index contributed by atoms with van der Waals surface area (Å²) in [5.41, 5.74) is -0.0366. The summed E-state index contributed by atoms with van der Waals surface area (Å²) in [7, 11) is 0. The average molecular weight is 285 g/mol.